The van der Waals surface area contributed by atoms with Gasteiger partial charge in [-0.1, -0.05) is 96.8 Å². The van der Waals surface area contributed by atoms with Crippen LogP contribution >= 0.6 is 0 Å². The largest absolute Gasteiger partial charge is 0.481 e. The van der Waals surface area contributed by atoms with Gasteiger partial charge in [0.1, 0.15) is 0 Å². The maximum absolute atomic E-state index is 13.0. The highest BCUT2D eigenvalue weighted by Crippen LogP contribution is 2.54. The van der Waals surface area contributed by atoms with Crippen molar-refractivity contribution in [2.75, 3.05) is 6.54 Å². The van der Waals surface area contributed by atoms with Crippen LogP contribution in [0, 0.1) is 47.3 Å². The second kappa shape index (κ2) is 20.6. The van der Waals surface area contributed by atoms with E-state index in [4.69, 9.17) is 5.73 Å². The SMILES string of the molecule is CCCCCC1C=CC(CCCCC2CCC(c3cc(C(C)CC(C)C4CCCC4)c[nH]3)C3CC(CC4=CCNC(N)=C4)CC3(O)CCC(O)C2C(=O)O)C(O)C1. The Labute approximate surface area is 344 Å². The smallest absolute Gasteiger partial charge is 0.309 e. The van der Waals surface area contributed by atoms with Gasteiger partial charge in [-0.2, -0.15) is 0 Å². The molecule has 0 saturated heterocycles. The molecule has 4 aliphatic carbocycles. The molecular formula is C49H79N3O5. The molecule has 1 aromatic rings. The highest BCUT2D eigenvalue weighted by Gasteiger charge is 2.51. The van der Waals surface area contributed by atoms with Crippen LogP contribution in [0.25, 0.3) is 0 Å². The number of carbonyl (C=O) groups is 1. The number of hydrogen-bond acceptors (Lipinski definition) is 6. The van der Waals surface area contributed by atoms with Crippen LogP contribution in [0.2, 0.25) is 0 Å². The minimum atomic E-state index is -1.00. The fourth-order valence-corrected chi connectivity index (χ4v) is 12.4. The third kappa shape index (κ3) is 11.6. The van der Waals surface area contributed by atoms with Crippen molar-refractivity contribution < 1.29 is 25.2 Å². The zero-order chi connectivity index (χ0) is 40.5. The molecule has 12 atom stereocenters. The van der Waals surface area contributed by atoms with E-state index in [-0.39, 0.29) is 42.1 Å². The second-order valence-corrected chi connectivity index (χ2v) is 19.8. The van der Waals surface area contributed by atoms with Gasteiger partial charge in [-0.3, -0.25) is 4.79 Å². The first-order valence-electron chi connectivity index (χ1n) is 23.5. The van der Waals surface area contributed by atoms with Crippen LogP contribution in [0.4, 0.5) is 0 Å². The third-order valence-corrected chi connectivity index (χ3v) is 15.7. The summed E-state index contributed by atoms with van der Waals surface area (Å²) in [5, 5.41) is 49.2. The number of aromatic amines is 1. The Morgan fingerprint density at radius 1 is 0.965 bits per heavy atom. The van der Waals surface area contributed by atoms with Crippen molar-refractivity contribution in [2.24, 2.45) is 53.1 Å². The van der Waals surface area contributed by atoms with E-state index >= 15 is 0 Å². The summed E-state index contributed by atoms with van der Waals surface area (Å²) in [5.74, 6) is 1.69. The molecule has 8 N–H and O–H groups in total. The molecule has 5 aliphatic rings. The van der Waals surface area contributed by atoms with E-state index in [0.717, 1.165) is 63.7 Å². The summed E-state index contributed by atoms with van der Waals surface area (Å²) >= 11 is 0. The van der Waals surface area contributed by atoms with Crippen molar-refractivity contribution in [1.29, 1.82) is 0 Å². The molecule has 8 nitrogen and oxygen atoms in total. The first-order chi connectivity index (χ1) is 27.4. The molecule has 3 fully saturated rings. The summed E-state index contributed by atoms with van der Waals surface area (Å²) < 4.78 is 0. The molecule has 2 heterocycles. The molecule has 320 valence electrons. The first-order valence-corrected chi connectivity index (χ1v) is 23.5. The number of fused-ring (bicyclic) bond motifs is 1. The van der Waals surface area contributed by atoms with Gasteiger partial charge < -0.3 is 36.5 Å². The number of carboxylic acid groups (broad SMARTS) is 1. The number of aromatic nitrogens is 1. The molecule has 8 heteroatoms. The Morgan fingerprint density at radius 2 is 1.74 bits per heavy atom. The molecule has 0 bridgehead atoms. The van der Waals surface area contributed by atoms with Gasteiger partial charge in [0.05, 0.1) is 29.5 Å². The first kappa shape index (κ1) is 44.0. The van der Waals surface area contributed by atoms with E-state index < -0.39 is 23.6 Å². The van der Waals surface area contributed by atoms with Crippen LogP contribution in [0.5, 0.6) is 0 Å². The Hall–Kier alpha value is -2.55. The summed E-state index contributed by atoms with van der Waals surface area (Å²) in [7, 11) is 0. The minimum absolute atomic E-state index is 0.00460. The predicted molar refractivity (Wildman–Crippen MR) is 230 cm³/mol. The third-order valence-electron chi connectivity index (χ3n) is 15.7. The summed E-state index contributed by atoms with van der Waals surface area (Å²) in [6, 6.07) is 2.38. The van der Waals surface area contributed by atoms with Crippen LogP contribution in [0.1, 0.15) is 179 Å². The summed E-state index contributed by atoms with van der Waals surface area (Å²) in [6.07, 6.45) is 30.0. The number of aliphatic carboxylic acids is 1. The van der Waals surface area contributed by atoms with Gasteiger partial charge in [-0.05, 0) is 142 Å². The molecule has 6 rings (SSSR count). The fourth-order valence-electron chi connectivity index (χ4n) is 12.4. The monoisotopic (exact) mass is 790 g/mol. The molecule has 1 aromatic heterocycles. The number of nitrogens with two attached hydrogens (primary N) is 1. The van der Waals surface area contributed by atoms with E-state index in [1.54, 1.807) is 0 Å². The molecule has 0 amide bonds. The molecule has 0 spiro atoms. The number of aliphatic hydroxyl groups is 3. The lowest BCUT2D eigenvalue weighted by molar-refractivity contribution is -0.150. The number of rotatable bonds is 17. The number of dihydropyridines is 1. The van der Waals surface area contributed by atoms with Crippen molar-refractivity contribution in [2.45, 2.75) is 185 Å². The van der Waals surface area contributed by atoms with Gasteiger partial charge in [0.25, 0.3) is 0 Å². The van der Waals surface area contributed by atoms with Crippen molar-refractivity contribution >= 4 is 5.97 Å². The predicted octanol–water partition coefficient (Wildman–Crippen LogP) is 9.84. The lowest BCUT2D eigenvalue weighted by Crippen LogP contribution is -2.42. The van der Waals surface area contributed by atoms with Gasteiger partial charge in [0, 0.05) is 30.3 Å². The average molecular weight is 790 g/mol. The average Bonchev–Trinajstić information content (AvgIpc) is 3.95. The van der Waals surface area contributed by atoms with Crippen LogP contribution in [0.3, 0.4) is 0 Å². The number of H-pyrrole nitrogens is 1. The van der Waals surface area contributed by atoms with Gasteiger partial charge in [-0.15, -0.1) is 0 Å². The number of carboxylic acids is 1. The van der Waals surface area contributed by atoms with Crippen LogP contribution in [0.15, 0.2) is 48.0 Å². The Kier molecular flexibility index (Phi) is 15.9. The van der Waals surface area contributed by atoms with Gasteiger partial charge in [0.2, 0.25) is 0 Å². The number of hydrogen-bond donors (Lipinski definition) is 7. The number of nitrogens with one attached hydrogen (secondary N) is 2. The standard InChI is InChI=1S/C49H79N3O5/c1-4-5-6-11-34-16-17-38(45(54)27-34)14-9-10-15-39-18-19-41(43-29-40(31-52-43)33(3)24-32(2)37-12-7-8-13-37)42-26-36(25-35-21-23-51-46(50)28-35)30-49(42,57)22-20-44(53)47(39)48(55)56/h16-17,21,28-29,31-34,36-39,41-42,44-45,47,51-54,57H,4-15,18-20,22-27,30,50H2,1-3H3,(H,55,56). The molecule has 0 aromatic carbocycles. The maximum atomic E-state index is 13.0. The van der Waals surface area contributed by atoms with Crippen molar-refractivity contribution in [3.8, 4) is 0 Å². The summed E-state index contributed by atoms with van der Waals surface area (Å²) in [4.78, 5) is 16.7. The van der Waals surface area contributed by atoms with Crippen molar-refractivity contribution in [3.05, 3.63) is 59.2 Å². The number of allylic oxidation sites excluding steroid dienone is 3. The van der Waals surface area contributed by atoms with Gasteiger partial charge >= 0.3 is 5.97 Å². The molecule has 0 radical (unpaired) electrons. The Bertz CT molecular complexity index is 1510. The highest BCUT2D eigenvalue weighted by molar-refractivity contribution is 5.71. The molecule has 57 heavy (non-hydrogen) atoms. The molecule has 12 unspecified atom stereocenters. The van der Waals surface area contributed by atoms with E-state index in [1.807, 2.05) is 6.08 Å². The zero-order valence-corrected chi connectivity index (χ0v) is 35.7. The number of unbranched alkanes of at least 4 members (excludes halogenated alkanes) is 3. The summed E-state index contributed by atoms with van der Waals surface area (Å²) in [5.41, 5.74) is 8.88. The maximum Gasteiger partial charge on any atom is 0.309 e. The normalized spacial score (nSPS) is 34.9. The van der Waals surface area contributed by atoms with E-state index in [2.05, 4.69) is 61.6 Å². The van der Waals surface area contributed by atoms with E-state index in [0.29, 0.717) is 49.4 Å². The molecular weight excluding hydrogens is 711 g/mol. The Balaban J connectivity index is 1.18. The lowest BCUT2D eigenvalue weighted by atomic mass is 9.69. The van der Waals surface area contributed by atoms with Crippen molar-refractivity contribution in [1.82, 2.24) is 10.3 Å². The minimum Gasteiger partial charge on any atom is -0.481 e. The van der Waals surface area contributed by atoms with Crippen molar-refractivity contribution in [3.63, 3.8) is 0 Å². The van der Waals surface area contributed by atoms with Gasteiger partial charge in [-0.25, -0.2) is 0 Å². The zero-order valence-electron chi connectivity index (χ0n) is 35.7. The van der Waals surface area contributed by atoms with E-state index in [9.17, 15) is 25.2 Å². The molecule has 1 aliphatic heterocycles. The fraction of sp³-hybridized carbons (Fsp3) is 0.776. The Morgan fingerprint density at radius 3 is 2.47 bits per heavy atom. The van der Waals surface area contributed by atoms with Crippen LogP contribution in [-0.2, 0) is 4.79 Å². The van der Waals surface area contributed by atoms with E-state index in [1.165, 1.54) is 68.2 Å². The van der Waals surface area contributed by atoms with Gasteiger partial charge in [0.15, 0.2) is 0 Å². The highest BCUT2D eigenvalue weighted by atomic mass is 16.4. The van der Waals surface area contributed by atoms with Crippen LogP contribution < -0.4 is 11.1 Å². The lowest BCUT2D eigenvalue weighted by Gasteiger charge is -2.39. The topological polar surface area (TPSA) is 152 Å². The van der Waals surface area contributed by atoms with Crippen LogP contribution in [-0.4, -0.2) is 55.7 Å². The second-order valence-electron chi connectivity index (χ2n) is 19.8. The quantitative estimate of drug-likeness (QED) is 0.0613. The molecule has 3 saturated carbocycles. The number of aliphatic hydroxyl groups excluding tert-OH is 2. The summed E-state index contributed by atoms with van der Waals surface area (Å²) in [6.45, 7) is 7.74.